The van der Waals surface area contributed by atoms with Gasteiger partial charge in [0.15, 0.2) is 5.43 Å². The molecule has 17 heavy (non-hydrogen) atoms. The first-order valence-electron chi connectivity index (χ1n) is 5.59. The van der Waals surface area contributed by atoms with Gasteiger partial charge in [-0.2, -0.15) is 0 Å². The molecule has 1 aromatic carbocycles. The lowest BCUT2D eigenvalue weighted by molar-refractivity contribution is 0.109. The Balaban J connectivity index is 2.44. The number of hydrogen-bond donors (Lipinski definition) is 1. The van der Waals surface area contributed by atoms with E-state index in [9.17, 15) is 9.18 Å². The summed E-state index contributed by atoms with van der Waals surface area (Å²) in [6.45, 7) is 2.62. The zero-order chi connectivity index (χ0) is 12.0. The summed E-state index contributed by atoms with van der Waals surface area (Å²) < 4.78 is 18.8. The number of H-pyrrole nitrogens is 1. The van der Waals surface area contributed by atoms with E-state index in [1.54, 1.807) is 6.92 Å². The van der Waals surface area contributed by atoms with Crippen LogP contribution in [0.25, 0.3) is 10.9 Å². The Kier molecular flexibility index (Phi) is 2.26. The van der Waals surface area contributed by atoms with Gasteiger partial charge < -0.3 is 9.72 Å². The Bertz CT molecular complexity index is 660. The average Bonchev–Trinajstić information content (AvgIpc) is 2.35. The fraction of sp³-hybridized carbons (Fsp3) is 0.308. The molecule has 3 nitrogen and oxygen atoms in total. The van der Waals surface area contributed by atoms with Crippen LogP contribution >= 0.6 is 0 Å². The molecule has 0 spiro atoms. The molecule has 0 atom stereocenters. The number of aryl methyl sites for hydroxylation is 1. The lowest BCUT2D eigenvalue weighted by atomic mass is 10.0. The quantitative estimate of drug-likeness (QED) is 0.756. The van der Waals surface area contributed by atoms with Gasteiger partial charge in [-0.25, -0.2) is 4.39 Å². The molecule has 0 unspecified atom stereocenters. The normalized spacial score (nSPS) is 14.9. The van der Waals surface area contributed by atoms with Crippen molar-refractivity contribution in [2.75, 3.05) is 6.61 Å². The molecule has 1 aliphatic rings. The van der Waals surface area contributed by atoms with Crippen molar-refractivity contribution in [2.24, 2.45) is 0 Å². The third-order valence-corrected chi connectivity index (χ3v) is 3.30. The minimum atomic E-state index is -0.292. The van der Waals surface area contributed by atoms with E-state index in [1.165, 1.54) is 12.1 Å². The summed E-state index contributed by atoms with van der Waals surface area (Å²) >= 11 is 0. The van der Waals surface area contributed by atoms with Crippen molar-refractivity contribution < 1.29 is 9.13 Å². The number of rotatable bonds is 0. The number of benzene rings is 1. The largest absolute Gasteiger partial charge is 0.376 e. The van der Waals surface area contributed by atoms with Gasteiger partial charge in [-0.3, -0.25) is 4.79 Å². The van der Waals surface area contributed by atoms with Crippen LogP contribution < -0.4 is 5.43 Å². The zero-order valence-electron chi connectivity index (χ0n) is 9.47. The Labute approximate surface area is 97.2 Å². The molecular formula is C13H12FNO2. The van der Waals surface area contributed by atoms with Crippen LogP contribution in [0.4, 0.5) is 4.39 Å². The molecule has 0 bridgehead atoms. The number of aromatic nitrogens is 1. The predicted molar refractivity (Wildman–Crippen MR) is 62.6 cm³/mol. The number of ether oxygens (including phenoxy) is 1. The highest BCUT2D eigenvalue weighted by atomic mass is 19.1. The van der Waals surface area contributed by atoms with Gasteiger partial charge in [-0.1, -0.05) is 0 Å². The van der Waals surface area contributed by atoms with Crippen molar-refractivity contribution in [3.8, 4) is 0 Å². The van der Waals surface area contributed by atoms with Crippen molar-refractivity contribution in [3.05, 3.63) is 45.0 Å². The van der Waals surface area contributed by atoms with Crippen LogP contribution in [0.3, 0.4) is 0 Å². The van der Waals surface area contributed by atoms with E-state index in [0.29, 0.717) is 41.7 Å². The number of fused-ring (bicyclic) bond motifs is 2. The maximum absolute atomic E-state index is 13.5. The lowest BCUT2D eigenvalue weighted by Gasteiger charge is -2.17. The first-order chi connectivity index (χ1) is 8.18. The first-order valence-corrected chi connectivity index (χ1v) is 5.59. The van der Waals surface area contributed by atoms with Gasteiger partial charge >= 0.3 is 0 Å². The molecule has 88 valence electrons. The minimum absolute atomic E-state index is 0.0449. The fourth-order valence-corrected chi connectivity index (χ4v) is 2.28. The fourth-order valence-electron chi connectivity index (χ4n) is 2.28. The molecule has 0 radical (unpaired) electrons. The highest BCUT2D eigenvalue weighted by Gasteiger charge is 2.17. The number of halogens is 1. The highest BCUT2D eigenvalue weighted by molar-refractivity contribution is 5.82. The zero-order valence-corrected chi connectivity index (χ0v) is 9.47. The Morgan fingerprint density at radius 3 is 3.06 bits per heavy atom. The van der Waals surface area contributed by atoms with Crippen molar-refractivity contribution in [3.63, 3.8) is 0 Å². The van der Waals surface area contributed by atoms with Crippen LogP contribution in [-0.2, 0) is 17.8 Å². The number of pyridine rings is 1. The third-order valence-electron chi connectivity index (χ3n) is 3.30. The molecule has 0 fully saturated rings. The minimum Gasteiger partial charge on any atom is -0.376 e. The summed E-state index contributed by atoms with van der Waals surface area (Å²) in [4.78, 5) is 15.4. The van der Waals surface area contributed by atoms with Crippen LogP contribution in [0.5, 0.6) is 0 Å². The summed E-state index contributed by atoms with van der Waals surface area (Å²) in [5.41, 5.74) is 2.61. The molecule has 1 N–H and O–H groups in total. The molecule has 1 aliphatic heterocycles. The smallest absolute Gasteiger partial charge is 0.195 e. The summed E-state index contributed by atoms with van der Waals surface area (Å²) in [7, 11) is 0. The SMILES string of the molecule is Cc1c(F)ccc2c(=O)c3c([nH]c12)CCOC3. The van der Waals surface area contributed by atoms with Gasteiger partial charge in [0.2, 0.25) is 0 Å². The van der Waals surface area contributed by atoms with Crippen LogP contribution in [0.15, 0.2) is 16.9 Å². The summed E-state index contributed by atoms with van der Waals surface area (Å²) in [6, 6.07) is 2.87. The summed E-state index contributed by atoms with van der Waals surface area (Å²) in [6.07, 6.45) is 0.677. The van der Waals surface area contributed by atoms with Crippen LogP contribution in [0.2, 0.25) is 0 Å². The monoisotopic (exact) mass is 233 g/mol. The van der Waals surface area contributed by atoms with Gasteiger partial charge in [-0.05, 0) is 19.1 Å². The molecular weight excluding hydrogens is 221 g/mol. The first kappa shape index (κ1) is 10.5. The van der Waals surface area contributed by atoms with E-state index in [0.717, 1.165) is 5.69 Å². The van der Waals surface area contributed by atoms with E-state index in [2.05, 4.69) is 4.98 Å². The Morgan fingerprint density at radius 2 is 2.24 bits per heavy atom. The van der Waals surface area contributed by atoms with Crippen LogP contribution in [0.1, 0.15) is 16.8 Å². The predicted octanol–water partition coefficient (Wildman–Crippen LogP) is 2.05. The number of nitrogens with one attached hydrogen (secondary N) is 1. The van der Waals surface area contributed by atoms with Gasteiger partial charge in [0.05, 0.1) is 18.7 Å². The van der Waals surface area contributed by atoms with Crippen molar-refractivity contribution in [1.82, 2.24) is 4.98 Å². The van der Waals surface area contributed by atoms with Crippen molar-refractivity contribution in [2.45, 2.75) is 20.0 Å². The Morgan fingerprint density at radius 1 is 1.41 bits per heavy atom. The van der Waals surface area contributed by atoms with Gasteiger partial charge in [0.1, 0.15) is 5.82 Å². The van der Waals surface area contributed by atoms with Gasteiger partial charge in [0, 0.05) is 28.6 Å². The third kappa shape index (κ3) is 1.48. The van der Waals surface area contributed by atoms with E-state index in [1.807, 2.05) is 0 Å². The lowest BCUT2D eigenvalue weighted by Crippen LogP contribution is -2.22. The molecule has 2 heterocycles. The standard InChI is InChI=1S/C13H12FNO2/c1-7-10(14)3-2-8-12(7)15-11-4-5-17-6-9(11)13(8)16/h2-3H,4-6H2,1H3,(H,15,16). The maximum Gasteiger partial charge on any atom is 0.195 e. The maximum atomic E-state index is 13.5. The van der Waals surface area contributed by atoms with Crippen molar-refractivity contribution in [1.29, 1.82) is 0 Å². The van der Waals surface area contributed by atoms with Crippen LogP contribution in [0, 0.1) is 12.7 Å². The van der Waals surface area contributed by atoms with Crippen molar-refractivity contribution >= 4 is 10.9 Å². The number of hydrogen-bond acceptors (Lipinski definition) is 2. The van der Waals surface area contributed by atoms with E-state index in [-0.39, 0.29) is 11.2 Å². The molecule has 2 aromatic rings. The average molecular weight is 233 g/mol. The van der Waals surface area contributed by atoms with Gasteiger partial charge in [-0.15, -0.1) is 0 Å². The molecule has 0 amide bonds. The second-order valence-corrected chi connectivity index (χ2v) is 4.31. The molecule has 4 heteroatoms. The molecule has 1 aromatic heterocycles. The topological polar surface area (TPSA) is 42.1 Å². The highest BCUT2D eigenvalue weighted by Crippen LogP contribution is 2.20. The van der Waals surface area contributed by atoms with E-state index < -0.39 is 0 Å². The number of aromatic amines is 1. The molecule has 3 rings (SSSR count). The summed E-state index contributed by atoms with van der Waals surface area (Å²) in [5, 5.41) is 0.535. The summed E-state index contributed by atoms with van der Waals surface area (Å²) in [5.74, 6) is -0.292. The van der Waals surface area contributed by atoms with E-state index in [4.69, 9.17) is 4.74 Å². The molecule has 0 saturated carbocycles. The Hall–Kier alpha value is -1.68. The molecule has 0 saturated heterocycles. The molecule has 0 aliphatic carbocycles. The van der Waals surface area contributed by atoms with E-state index >= 15 is 0 Å². The second kappa shape index (κ2) is 3.67. The van der Waals surface area contributed by atoms with Gasteiger partial charge in [0.25, 0.3) is 0 Å². The van der Waals surface area contributed by atoms with Crippen LogP contribution in [-0.4, -0.2) is 11.6 Å². The second-order valence-electron chi connectivity index (χ2n) is 4.31.